The first-order valence-corrected chi connectivity index (χ1v) is 7.13. The fourth-order valence-corrected chi connectivity index (χ4v) is 3.04. The lowest BCUT2D eigenvalue weighted by molar-refractivity contribution is -0.102. The average molecular weight is 300 g/mol. The van der Waals surface area contributed by atoms with E-state index in [-0.39, 0.29) is 0 Å². The Morgan fingerprint density at radius 3 is 2.67 bits per heavy atom. The number of fused-ring (bicyclic) bond motifs is 1. The quantitative estimate of drug-likeness (QED) is 0.925. The SMILES string of the molecule is N#CC1(C(O)c2ccccc2Cl)OCCc2ccccc21. The van der Waals surface area contributed by atoms with Crippen LogP contribution in [0.4, 0.5) is 0 Å². The lowest BCUT2D eigenvalue weighted by Crippen LogP contribution is -2.40. The number of hydrogen-bond acceptors (Lipinski definition) is 3. The van der Waals surface area contributed by atoms with Gasteiger partial charge in [-0.05, 0) is 18.1 Å². The van der Waals surface area contributed by atoms with E-state index in [1.807, 2.05) is 24.3 Å². The molecule has 0 spiro atoms. The van der Waals surface area contributed by atoms with E-state index in [4.69, 9.17) is 16.3 Å². The van der Waals surface area contributed by atoms with Gasteiger partial charge >= 0.3 is 0 Å². The van der Waals surface area contributed by atoms with Gasteiger partial charge in [-0.15, -0.1) is 0 Å². The highest BCUT2D eigenvalue weighted by molar-refractivity contribution is 6.31. The molecule has 0 amide bonds. The molecule has 2 atom stereocenters. The van der Waals surface area contributed by atoms with Crippen LogP contribution in [-0.2, 0) is 16.8 Å². The third-order valence-electron chi connectivity index (χ3n) is 3.87. The Kier molecular flexibility index (Phi) is 3.69. The van der Waals surface area contributed by atoms with Crippen LogP contribution in [0.25, 0.3) is 0 Å². The van der Waals surface area contributed by atoms with Crippen LogP contribution in [0.3, 0.4) is 0 Å². The van der Waals surface area contributed by atoms with Crippen LogP contribution in [0, 0.1) is 11.3 Å². The molecular formula is C17H14ClNO2. The summed E-state index contributed by atoms with van der Waals surface area (Å²) in [5.74, 6) is 0. The summed E-state index contributed by atoms with van der Waals surface area (Å²) in [5.41, 5.74) is 0.819. The number of rotatable bonds is 2. The second-order valence-corrected chi connectivity index (χ2v) is 5.43. The molecule has 2 unspecified atom stereocenters. The minimum Gasteiger partial charge on any atom is -0.384 e. The molecule has 0 aromatic heterocycles. The Morgan fingerprint density at radius 1 is 1.19 bits per heavy atom. The molecule has 1 heterocycles. The van der Waals surface area contributed by atoms with Crippen LogP contribution >= 0.6 is 11.6 Å². The smallest absolute Gasteiger partial charge is 0.209 e. The normalized spacial score (nSPS) is 22.1. The topological polar surface area (TPSA) is 53.2 Å². The minimum absolute atomic E-state index is 0.395. The fourth-order valence-electron chi connectivity index (χ4n) is 2.80. The van der Waals surface area contributed by atoms with Crippen LogP contribution in [0.5, 0.6) is 0 Å². The number of ether oxygens (including phenoxy) is 1. The van der Waals surface area contributed by atoms with Crippen molar-refractivity contribution in [2.75, 3.05) is 6.61 Å². The first-order chi connectivity index (χ1) is 10.2. The van der Waals surface area contributed by atoms with E-state index in [2.05, 4.69) is 6.07 Å². The van der Waals surface area contributed by atoms with Gasteiger partial charge in [0.2, 0.25) is 5.60 Å². The molecule has 3 nitrogen and oxygen atoms in total. The van der Waals surface area contributed by atoms with E-state index in [0.29, 0.717) is 22.8 Å². The van der Waals surface area contributed by atoms with Gasteiger partial charge in [-0.3, -0.25) is 0 Å². The molecule has 2 aromatic carbocycles. The van der Waals surface area contributed by atoms with Gasteiger partial charge in [-0.2, -0.15) is 5.26 Å². The van der Waals surface area contributed by atoms with Gasteiger partial charge in [0.1, 0.15) is 12.2 Å². The van der Waals surface area contributed by atoms with Gasteiger partial charge in [-0.25, -0.2) is 0 Å². The first kappa shape index (κ1) is 14.1. The van der Waals surface area contributed by atoms with E-state index >= 15 is 0 Å². The number of nitrogens with zero attached hydrogens (tertiary/aromatic N) is 1. The van der Waals surface area contributed by atoms with Gasteiger partial charge in [0.05, 0.1) is 6.61 Å². The molecule has 21 heavy (non-hydrogen) atoms. The maximum Gasteiger partial charge on any atom is 0.209 e. The zero-order valence-corrected chi connectivity index (χ0v) is 12.0. The highest BCUT2D eigenvalue weighted by atomic mass is 35.5. The lowest BCUT2D eigenvalue weighted by atomic mass is 9.80. The summed E-state index contributed by atoms with van der Waals surface area (Å²) in [5, 5.41) is 20.9. The number of nitriles is 1. The standard InChI is InChI=1S/C17H14ClNO2/c18-15-8-4-2-6-13(15)16(20)17(11-19)14-7-3-1-5-12(14)9-10-21-17/h1-8,16,20H,9-10H2. The molecule has 1 aliphatic rings. The lowest BCUT2D eigenvalue weighted by Gasteiger charge is -2.37. The largest absolute Gasteiger partial charge is 0.384 e. The Labute approximate surface area is 128 Å². The first-order valence-electron chi connectivity index (χ1n) is 6.75. The van der Waals surface area contributed by atoms with Crippen molar-refractivity contribution in [3.05, 3.63) is 70.2 Å². The van der Waals surface area contributed by atoms with E-state index < -0.39 is 11.7 Å². The number of halogens is 1. The molecule has 2 aromatic rings. The predicted molar refractivity (Wildman–Crippen MR) is 79.8 cm³/mol. The summed E-state index contributed by atoms with van der Waals surface area (Å²) in [6.07, 6.45) is -0.410. The Hall–Kier alpha value is -1.86. The number of benzene rings is 2. The summed E-state index contributed by atoms with van der Waals surface area (Å²) in [6.45, 7) is 0.395. The molecule has 106 valence electrons. The van der Waals surface area contributed by atoms with Crippen molar-refractivity contribution in [2.24, 2.45) is 0 Å². The molecule has 0 radical (unpaired) electrons. The van der Waals surface area contributed by atoms with Crippen molar-refractivity contribution in [3.63, 3.8) is 0 Å². The Morgan fingerprint density at radius 2 is 1.90 bits per heavy atom. The van der Waals surface area contributed by atoms with Gasteiger partial charge in [0, 0.05) is 16.1 Å². The highest BCUT2D eigenvalue weighted by Gasteiger charge is 2.46. The van der Waals surface area contributed by atoms with E-state index in [1.54, 1.807) is 24.3 Å². The van der Waals surface area contributed by atoms with Gasteiger partial charge in [-0.1, -0.05) is 54.1 Å². The van der Waals surface area contributed by atoms with Crippen molar-refractivity contribution in [1.82, 2.24) is 0 Å². The number of aliphatic hydroxyl groups is 1. The monoisotopic (exact) mass is 299 g/mol. The molecular weight excluding hydrogens is 286 g/mol. The molecule has 0 fully saturated rings. The molecule has 1 N–H and O–H groups in total. The summed E-state index contributed by atoms with van der Waals surface area (Å²) in [7, 11) is 0. The Balaban J connectivity index is 2.15. The Bertz CT molecular complexity index is 710. The fraction of sp³-hybridized carbons (Fsp3) is 0.235. The minimum atomic E-state index is -1.42. The van der Waals surface area contributed by atoms with Crippen molar-refractivity contribution < 1.29 is 9.84 Å². The number of hydrogen-bond donors (Lipinski definition) is 1. The summed E-state index contributed by atoms with van der Waals surface area (Å²) < 4.78 is 5.74. The van der Waals surface area contributed by atoms with Crippen molar-refractivity contribution >= 4 is 11.6 Å². The number of aliphatic hydroxyl groups excluding tert-OH is 1. The van der Waals surface area contributed by atoms with Crippen LogP contribution in [0.1, 0.15) is 22.8 Å². The van der Waals surface area contributed by atoms with Crippen LogP contribution in [0.2, 0.25) is 5.02 Å². The van der Waals surface area contributed by atoms with E-state index in [1.165, 1.54) is 0 Å². The van der Waals surface area contributed by atoms with Crippen molar-refractivity contribution in [3.8, 4) is 6.07 Å². The predicted octanol–water partition coefficient (Wildman–Crippen LogP) is 3.37. The van der Waals surface area contributed by atoms with Gasteiger partial charge in [0.25, 0.3) is 0 Å². The van der Waals surface area contributed by atoms with Crippen molar-refractivity contribution in [2.45, 2.75) is 18.1 Å². The zero-order valence-electron chi connectivity index (χ0n) is 11.3. The summed E-state index contributed by atoms with van der Waals surface area (Å²) >= 11 is 6.16. The molecule has 1 aliphatic heterocycles. The third kappa shape index (κ3) is 2.22. The third-order valence-corrected chi connectivity index (χ3v) is 4.21. The van der Waals surface area contributed by atoms with E-state index in [9.17, 15) is 10.4 Å². The molecule has 0 saturated carbocycles. The maximum absolute atomic E-state index is 10.8. The van der Waals surface area contributed by atoms with E-state index in [0.717, 1.165) is 12.0 Å². The molecule has 4 heteroatoms. The average Bonchev–Trinajstić information content (AvgIpc) is 2.54. The van der Waals surface area contributed by atoms with Crippen LogP contribution in [-0.4, -0.2) is 11.7 Å². The summed E-state index contributed by atoms with van der Waals surface area (Å²) in [6, 6.07) is 16.7. The van der Waals surface area contributed by atoms with Crippen LogP contribution < -0.4 is 0 Å². The highest BCUT2D eigenvalue weighted by Crippen LogP contribution is 2.43. The van der Waals surface area contributed by atoms with Crippen LogP contribution in [0.15, 0.2) is 48.5 Å². The van der Waals surface area contributed by atoms with Crippen molar-refractivity contribution in [1.29, 1.82) is 5.26 Å². The second-order valence-electron chi connectivity index (χ2n) is 5.03. The molecule has 0 saturated heterocycles. The van der Waals surface area contributed by atoms with Gasteiger partial charge < -0.3 is 9.84 Å². The molecule has 0 bridgehead atoms. The van der Waals surface area contributed by atoms with Gasteiger partial charge in [0.15, 0.2) is 0 Å². The molecule has 0 aliphatic carbocycles. The maximum atomic E-state index is 10.8. The molecule has 3 rings (SSSR count). The summed E-state index contributed by atoms with van der Waals surface area (Å²) in [4.78, 5) is 0. The zero-order chi connectivity index (χ0) is 14.9. The second kappa shape index (κ2) is 5.50.